The molecule has 3 aromatic carbocycles. The van der Waals surface area contributed by atoms with Gasteiger partial charge in [-0.3, -0.25) is 4.98 Å². The van der Waals surface area contributed by atoms with Crippen LogP contribution in [0.25, 0.3) is 10.9 Å². The van der Waals surface area contributed by atoms with E-state index in [1.165, 1.54) is 6.33 Å². The number of fused-ring (bicyclic) bond motifs is 1. The van der Waals surface area contributed by atoms with Crippen molar-refractivity contribution >= 4 is 33.9 Å². The van der Waals surface area contributed by atoms with Crippen LogP contribution in [0.4, 0.5) is 23.0 Å². The Hall–Kier alpha value is -4.45. The van der Waals surface area contributed by atoms with E-state index in [4.69, 9.17) is 5.73 Å². The summed E-state index contributed by atoms with van der Waals surface area (Å²) in [5, 5.41) is 7.88. The number of rotatable bonds is 6. The fraction of sp³-hybridized carbons (Fsp3) is 0.0385. The van der Waals surface area contributed by atoms with Gasteiger partial charge in [0, 0.05) is 11.6 Å². The number of aromatic nitrogens is 3. The van der Waals surface area contributed by atoms with E-state index in [-0.39, 0.29) is 6.04 Å². The number of hydrogen-bond donors (Lipinski definition) is 3. The van der Waals surface area contributed by atoms with Gasteiger partial charge in [0.2, 0.25) is 0 Å². The number of anilines is 4. The average molecular weight is 419 g/mol. The first-order chi connectivity index (χ1) is 15.8. The molecule has 0 saturated heterocycles. The Labute approximate surface area is 186 Å². The van der Waals surface area contributed by atoms with Gasteiger partial charge in [0.05, 0.1) is 17.2 Å². The molecule has 156 valence electrons. The number of nitrogens with zero attached hydrogens (tertiary/aromatic N) is 3. The zero-order valence-electron chi connectivity index (χ0n) is 17.3. The molecule has 5 aromatic rings. The topological polar surface area (TPSA) is 88.8 Å². The average Bonchev–Trinajstić information content (AvgIpc) is 2.86. The third-order valence-electron chi connectivity index (χ3n) is 5.32. The van der Waals surface area contributed by atoms with Crippen molar-refractivity contribution in [2.45, 2.75) is 6.04 Å². The molecule has 6 heteroatoms. The van der Waals surface area contributed by atoms with Crippen molar-refractivity contribution in [2.24, 2.45) is 0 Å². The number of hydrogen-bond acceptors (Lipinski definition) is 6. The monoisotopic (exact) mass is 418 g/mol. The molecular formula is C26H22N6. The molecule has 0 unspecified atom stereocenters. The van der Waals surface area contributed by atoms with Crippen LogP contribution in [-0.2, 0) is 0 Å². The van der Waals surface area contributed by atoms with Crippen LogP contribution < -0.4 is 16.4 Å². The van der Waals surface area contributed by atoms with E-state index in [2.05, 4.69) is 49.9 Å². The predicted molar refractivity (Wildman–Crippen MR) is 130 cm³/mol. The Kier molecular flexibility index (Phi) is 5.32. The standard InChI is InChI=1S/C26H22N6/c27-22-25(31-21-15-7-13-20-14-8-16-28-24(20)21)29-17-30-26(22)32-23(18-9-3-1-4-10-18)19-11-5-2-6-12-19/h1-17,23H,27H2,(H2,29,30,31,32). The number of nitrogens with two attached hydrogens (primary N) is 1. The van der Waals surface area contributed by atoms with Crippen LogP contribution in [0.3, 0.4) is 0 Å². The fourth-order valence-corrected chi connectivity index (χ4v) is 3.73. The summed E-state index contributed by atoms with van der Waals surface area (Å²) >= 11 is 0. The maximum atomic E-state index is 6.51. The van der Waals surface area contributed by atoms with Crippen LogP contribution >= 0.6 is 0 Å². The molecule has 2 heterocycles. The quantitative estimate of drug-likeness (QED) is 0.335. The van der Waals surface area contributed by atoms with Gasteiger partial charge in [0.1, 0.15) is 12.0 Å². The van der Waals surface area contributed by atoms with Gasteiger partial charge in [-0.2, -0.15) is 0 Å². The molecule has 32 heavy (non-hydrogen) atoms. The zero-order chi connectivity index (χ0) is 21.8. The van der Waals surface area contributed by atoms with Crippen LogP contribution in [0, 0.1) is 0 Å². The summed E-state index contributed by atoms with van der Waals surface area (Å²) in [4.78, 5) is 13.3. The second-order valence-electron chi connectivity index (χ2n) is 7.39. The maximum Gasteiger partial charge on any atom is 0.159 e. The van der Waals surface area contributed by atoms with Gasteiger partial charge in [0.15, 0.2) is 11.6 Å². The summed E-state index contributed by atoms with van der Waals surface area (Å²) in [7, 11) is 0. The number of pyridine rings is 1. The molecule has 0 spiro atoms. The minimum atomic E-state index is -0.110. The van der Waals surface area contributed by atoms with Gasteiger partial charge in [-0.25, -0.2) is 9.97 Å². The van der Waals surface area contributed by atoms with Gasteiger partial charge < -0.3 is 16.4 Å². The third-order valence-corrected chi connectivity index (χ3v) is 5.32. The van der Waals surface area contributed by atoms with Crippen molar-refractivity contribution in [3.8, 4) is 0 Å². The lowest BCUT2D eigenvalue weighted by molar-refractivity contribution is 0.924. The Bertz CT molecular complexity index is 1290. The van der Waals surface area contributed by atoms with Crippen molar-refractivity contribution in [2.75, 3.05) is 16.4 Å². The minimum absolute atomic E-state index is 0.110. The van der Waals surface area contributed by atoms with Crippen molar-refractivity contribution in [1.82, 2.24) is 15.0 Å². The lowest BCUT2D eigenvalue weighted by atomic mass is 9.99. The van der Waals surface area contributed by atoms with Crippen molar-refractivity contribution < 1.29 is 0 Å². The number of para-hydroxylation sites is 1. The molecule has 0 bridgehead atoms. The molecule has 0 saturated carbocycles. The molecule has 5 rings (SSSR count). The third kappa shape index (κ3) is 3.94. The first-order valence-corrected chi connectivity index (χ1v) is 10.4. The highest BCUT2D eigenvalue weighted by Gasteiger charge is 2.17. The molecule has 0 aliphatic rings. The van der Waals surface area contributed by atoms with Crippen molar-refractivity contribution in [1.29, 1.82) is 0 Å². The molecule has 6 nitrogen and oxygen atoms in total. The van der Waals surface area contributed by atoms with Crippen molar-refractivity contribution in [3.63, 3.8) is 0 Å². The summed E-state index contributed by atoms with van der Waals surface area (Å²) in [6.45, 7) is 0. The smallest absolute Gasteiger partial charge is 0.159 e. The van der Waals surface area contributed by atoms with Crippen molar-refractivity contribution in [3.05, 3.63) is 115 Å². The molecular weight excluding hydrogens is 396 g/mol. The maximum absolute atomic E-state index is 6.51. The number of benzene rings is 3. The van der Waals surface area contributed by atoms with E-state index >= 15 is 0 Å². The molecule has 0 aliphatic carbocycles. The summed E-state index contributed by atoms with van der Waals surface area (Å²) in [5.74, 6) is 1.09. The van der Waals surface area contributed by atoms with E-state index < -0.39 is 0 Å². The van der Waals surface area contributed by atoms with E-state index in [9.17, 15) is 0 Å². The molecule has 0 atom stereocenters. The van der Waals surface area contributed by atoms with Crippen LogP contribution in [0.15, 0.2) is 104 Å². The molecule has 0 amide bonds. The van der Waals surface area contributed by atoms with Crippen LogP contribution in [0.1, 0.15) is 17.2 Å². The normalized spacial score (nSPS) is 10.9. The Balaban J connectivity index is 1.50. The highest BCUT2D eigenvalue weighted by Crippen LogP contribution is 2.32. The van der Waals surface area contributed by atoms with E-state index in [1.54, 1.807) is 6.20 Å². The van der Waals surface area contributed by atoms with Gasteiger partial charge in [0.25, 0.3) is 0 Å². The summed E-state index contributed by atoms with van der Waals surface area (Å²) in [6.07, 6.45) is 3.28. The second kappa shape index (κ2) is 8.73. The Morgan fingerprint density at radius 3 is 2.03 bits per heavy atom. The molecule has 0 fully saturated rings. The van der Waals surface area contributed by atoms with Gasteiger partial charge in [-0.1, -0.05) is 78.9 Å². The first kappa shape index (κ1) is 19.5. The van der Waals surface area contributed by atoms with Crippen LogP contribution in [-0.4, -0.2) is 15.0 Å². The highest BCUT2D eigenvalue weighted by atomic mass is 15.1. The minimum Gasteiger partial charge on any atom is -0.393 e. The van der Waals surface area contributed by atoms with Gasteiger partial charge in [-0.05, 0) is 23.3 Å². The largest absolute Gasteiger partial charge is 0.393 e. The lowest BCUT2D eigenvalue weighted by Crippen LogP contribution is -2.15. The highest BCUT2D eigenvalue weighted by molar-refractivity contribution is 5.93. The number of nitrogens with one attached hydrogen (secondary N) is 2. The van der Waals surface area contributed by atoms with Gasteiger partial charge >= 0.3 is 0 Å². The fourth-order valence-electron chi connectivity index (χ4n) is 3.73. The lowest BCUT2D eigenvalue weighted by Gasteiger charge is -2.22. The van der Waals surface area contributed by atoms with Crippen LogP contribution in [0.5, 0.6) is 0 Å². The van der Waals surface area contributed by atoms with E-state index in [0.717, 1.165) is 27.7 Å². The van der Waals surface area contributed by atoms with Crippen LogP contribution in [0.2, 0.25) is 0 Å². The SMILES string of the molecule is Nc1c(Nc2cccc3cccnc23)ncnc1NC(c1ccccc1)c1ccccc1. The van der Waals surface area contributed by atoms with E-state index in [1.807, 2.05) is 66.7 Å². The summed E-state index contributed by atoms with van der Waals surface area (Å²) < 4.78 is 0. The second-order valence-corrected chi connectivity index (χ2v) is 7.39. The van der Waals surface area contributed by atoms with E-state index in [0.29, 0.717) is 17.3 Å². The molecule has 0 aliphatic heterocycles. The zero-order valence-corrected chi connectivity index (χ0v) is 17.3. The Morgan fingerprint density at radius 1 is 0.656 bits per heavy atom. The first-order valence-electron chi connectivity index (χ1n) is 10.4. The molecule has 0 radical (unpaired) electrons. The van der Waals surface area contributed by atoms with Gasteiger partial charge in [-0.15, -0.1) is 0 Å². The summed E-state index contributed by atoms with van der Waals surface area (Å²) in [5.41, 5.74) is 10.9. The summed E-state index contributed by atoms with van der Waals surface area (Å²) in [6, 6.07) is 30.2. The Morgan fingerprint density at radius 2 is 1.31 bits per heavy atom. The molecule has 4 N–H and O–H groups in total. The molecule has 2 aromatic heterocycles. The number of nitrogen functional groups attached to an aromatic ring is 1. The predicted octanol–water partition coefficient (Wildman–Crippen LogP) is 5.55.